The van der Waals surface area contributed by atoms with Crippen molar-refractivity contribution in [2.75, 3.05) is 26.0 Å². The van der Waals surface area contributed by atoms with Crippen molar-refractivity contribution in [1.29, 1.82) is 0 Å². The topological polar surface area (TPSA) is 41.3 Å². The number of alkyl halides is 3. The van der Waals surface area contributed by atoms with Crippen LogP contribution in [0.15, 0.2) is 18.2 Å². The van der Waals surface area contributed by atoms with Gasteiger partial charge in [-0.05, 0) is 39.2 Å². The van der Waals surface area contributed by atoms with Crippen LogP contribution in [-0.2, 0) is 6.18 Å². The molecule has 0 aliphatic heterocycles. The first-order valence-electron chi connectivity index (χ1n) is 6.03. The molecule has 7 heteroatoms. The van der Waals surface area contributed by atoms with Gasteiger partial charge in [0.15, 0.2) is 0 Å². The maximum Gasteiger partial charge on any atom is 0.416 e. The van der Waals surface area contributed by atoms with Crippen LogP contribution in [0.5, 0.6) is 0 Å². The minimum atomic E-state index is -4.41. The number of anilines is 1. The molecule has 0 aliphatic rings. The summed E-state index contributed by atoms with van der Waals surface area (Å²) in [7, 11) is 3.83. The van der Waals surface area contributed by atoms with Crippen LogP contribution in [0.4, 0.5) is 18.9 Å². The SMILES string of the molecule is CC(CN(C)C)Nc1ccc(C(F)(F)F)cc1C(N)=S. The lowest BCUT2D eigenvalue weighted by Gasteiger charge is -2.21. The first-order valence-corrected chi connectivity index (χ1v) is 6.44. The Kier molecular flexibility index (Phi) is 5.35. The highest BCUT2D eigenvalue weighted by atomic mass is 32.1. The van der Waals surface area contributed by atoms with Gasteiger partial charge in [-0.3, -0.25) is 0 Å². The lowest BCUT2D eigenvalue weighted by Crippen LogP contribution is -2.30. The second kappa shape index (κ2) is 6.41. The number of benzene rings is 1. The number of nitrogens with one attached hydrogen (secondary N) is 1. The Hall–Kier alpha value is -1.34. The number of hydrogen-bond donors (Lipinski definition) is 2. The Morgan fingerprint density at radius 2 is 2.00 bits per heavy atom. The molecule has 3 N–H and O–H groups in total. The summed E-state index contributed by atoms with van der Waals surface area (Å²) >= 11 is 4.83. The number of halogens is 3. The molecule has 0 saturated carbocycles. The van der Waals surface area contributed by atoms with Gasteiger partial charge < -0.3 is 16.0 Å². The second-order valence-electron chi connectivity index (χ2n) is 4.93. The fourth-order valence-electron chi connectivity index (χ4n) is 1.91. The van der Waals surface area contributed by atoms with E-state index in [1.54, 1.807) is 0 Å². The van der Waals surface area contributed by atoms with Crippen molar-refractivity contribution in [2.45, 2.75) is 19.1 Å². The summed E-state index contributed by atoms with van der Waals surface area (Å²) in [6, 6.07) is 3.41. The summed E-state index contributed by atoms with van der Waals surface area (Å²) in [5, 5.41) is 3.13. The lowest BCUT2D eigenvalue weighted by atomic mass is 10.1. The third kappa shape index (κ3) is 4.64. The molecule has 1 unspecified atom stereocenters. The quantitative estimate of drug-likeness (QED) is 0.821. The van der Waals surface area contributed by atoms with Gasteiger partial charge >= 0.3 is 6.18 Å². The van der Waals surface area contributed by atoms with Crippen LogP contribution in [0.1, 0.15) is 18.1 Å². The van der Waals surface area contributed by atoms with Crippen molar-refractivity contribution >= 4 is 22.9 Å². The van der Waals surface area contributed by atoms with Gasteiger partial charge in [0.05, 0.1) is 5.56 Å². The van der Waals surface area contributed by atoms with Gasteiger partial charge in [0.25, 0.3) is 0 Å². The highest BCUT2D eigenvalue weighted by molar-refractivity contribution is 7.80. The lowest BCUT2D eigenvalue weighted by molar-refractivity contribution is -0.137. The first-order chi connectivity index (χ1) is 9.11. The smallest absolute Gasteiger partial charge is 0.389 e. The van der Waals surface area contributed by atoms with Gasteiger partial charge in [-0.25, -0.2) is 0 Å². The molecular weight excluding hydrogens is 287 g/mol. The maximum atomic E-state index is 12.7. The minimum Gasteiger partial charge on any atom is -0.389 e. The van der Waals surface area contributed by atoms with Crippen molar-refractivity contribution in [2.24, 2.45) is 5.73 Å². The fraction of sp³-hybridized carbons (Fsp3) is 0.462. The third-order valence-electron chi connectivity index (χ3n) is 2.65. The molecule has 1 aromatic rings. The van der Waals surface area contributed by atoms with Crippen molar-refractivity contribution < 1.29 is 13.2 Å². The van der Waals surface area contributed by atoms with Crippen molar-refractivity contribution in [1.82, 2.24) is 4.90 Å². The number of thiocarbonyl (C=S) groups is 1. The molecular formula is C13H18F3N3S. The fourth-order valence-corrected chi connectivity index (χ4v) is 2.08. The molecule has 0 aliphatic carbocycles. The zero-order chi connectivity index (χ0) is 15.5. The predicted molar refractivity (Wildman–Crippen MR) is 79.0 cm³/mol. The summed E-state index contributed by atoms with van der Waals surface area (Å²) in [6.45, 7) is 2.67. The number of nitrogens with two attached hydrogens (primary N) is 1. The van der Waals surface area contributed by atoms with E-state index in [-0.39, 0.29) is 16.6 Å². The van der Waals surface area contributed by atoms with E-state index in [4.69, 9.17) is 18.0 Å². The number of rotatable bonds is 5. The van der Waals surface area contributed by atoms with E-state index >= 15 is 0 Å². The number of likely N-dealkylation sites (N-methyl/N-ethyl adjacent to an activating group) is 1. The molecule has 0 radical (unpaired) electrons. The Labute approximate surface area is 121 Å². The van der Waals surface area contributed by atoms with Crippen molar-refractivity contribution in [3.8, 4) is 0 Å². The van der Waals surface area contributed by atoms with Gasteiger partial charge in [0.1, 0.15) is 4.99 Å². The Morgan fingerprint density at radius 3 is 2.45 bits per heavy atom. The molecule has 112 valence electrons. The summed E-state index contributed by atoms with van der Waals surface area (Å²) < 4.78 is 38.1. The van der Waals surface area contributed by atoms with Gasteiger partial charge in [-0.15, -0.1) is 0 Å². The Morgan fingerprint density at radius 1 is 1.40 bits per heavy atom. The summed E-state index contributed by atoms with van der Waals surface area (Å²) in [5.74, 6) is 0. The van der Waals surface area contributed by atoms with Crippen molar-refractivity contribution in [3.63, 3.8) is 0 Å². The molecule has 0 amide bonds. The van der Waals surface area contributed by atoms with Crippen molar-refractivity contribution in [3.05, 3.63) is 29.3 Å². The van der Waals surface area contributed by atoms with Crippen LogP contribution in [0.2, 0.25) is 0 Å². The first kappa shape index (κ1) is 16.7. The molecule has 0 fully saturated rings. The molecule has 0 heterocycles. The summed E-state index contributed by atoms with van der Waals surface area (Å²) in [6.07, 6.45) is -4.41. The Balaban J connectivity index is 3.05. The van der Waals surface area contributed by atoms with Crippen LogP contribution in [-0.4, -0.2) is 36.6 Å². The molecule has 0 spiro atoms. The molecule has 0 bridgehead atoms. The van der Waals surface area contributed by atoms with Gasteiger partial charge in [-0.2, -0.15) is 13.2 Å². The molecule has 3 nitrogen and oxygen atoms in total. The minimum absolute atomic E-state index is 0.0508. The van der Waals surface area contributed by atoms with Gasteiger partial charge in [0, 0.05) is 23.8 Å². The van der Waals surface area contributed by atoms with E-state index in [2.05, 4.69) is 5.32 Å². The molecule has 1 rings (SSSR count). The van der Waals surface area contributed by atoms with Crippen LogP contribution in [0.3, 0.4) is 0 Å². The number of nitrogens with zero attached hydrogens (tertiary/aromatic N) is 1. The van der Waals surface area contributed by atoms with Crippen LogP contribution >= 0.6 is 12.2 Å². The maximum absolute atomic E-state index is 12.7. The normalized spacial score (nSPS) is 13.3. The average molecular weight is 305 g/mol. The van der Waals surface area contributed by atoms with Gasteiger partial charge in [0.2, 0.25) is 0 Å². The average Bonchev–Trinajstić information content (AvgIpc) is 2.26. The molecule has 0 saturated heterocycles. The zero-order valence-electron chi connectivity index (χ0n) is 11.6. The van der Waals surface area contributed by atoms with E-state index in [0.717, 1.165) is 18.7 Å². The zero-order valence-corrected chi connectivity index (χ0v) is 12.4. The summed E-state index contributed by atoms with van der Waals surface area (Å²) in [4.78, 5) is 1.91. The van der Waals surface area contributed by atoms with E-state index < -0.39 is 11.7 Å². The third-order valence-corrected chi connectivity index (χ3v) is 2.87. The van der Waals surface area contributed by atoms with E-state index in [9.17, 15) is 13.2 Å². The van der Waals surface area contributed by atoms with Gasteiger partial charge in [-0.1, -0.05) is 12.2 Å². The highest BCUT2D eigenvalue weighted by Gasteiger charge is 2.31. The monoisotopic (exact) mass is 305 g/mol. The molecule has 0 aromatic heterocycles. The largest absolute Gasteiger partial charge is 0.416 e. The Bertz CT molecular complexity index is 486. The standard InChI is InChI=1S/C13H18F3N3S/c1-8(7-19(2)3)18-11-5-4-9(13(14,15)16)6-10(11)12(17)20/h4-6,8,18H,7H2,1-3H3,(H2,17,20). The molecule has 1 atom stereocenters. The van der Waals surface area contributed by atoms with E-state index in [1.807, 2.05) is 25.9 Å². The van der Waals surface area contributed by atoms with E-state index in [1.165, 1.54) is 6.07 Å². The van der Waals surface area contributed by atoms with E-state index in [0.29, 0.717) is 5.69 Å². The summed E-state index contributed by atoms with van der Waals surface area (Å²) in [5.41, 5.74) is 5.48. The number of hydrogen-bond acceptors (Lipinski definition) is 3. The van der Waals surface area contributed by atoms with Crippen LogP contribution < -0.4 is 11.1 Å². The molecule has 20 heavy (non-hydrogen) atoms. The highest BCUT2D eigenvalue weighted by Crippen LogP contribution is 2.32. The molecule has 1 aromatic carbocycles. The van der Waals surface area contributed by atoms with Crippen LogP contribution in [0, 0.1) is 0 Å². The second-order valence-corrected chi connectivity index (χ2v) is 5.37. The predicted octanol–water partition coefficient (Wildman–Crippen LogP) is 2.70. The van der Waals surface area contributed by atoms with Crippen LogP contribution in [0.25, 0.3) is 0 Å².